The van der Waals surface area contributed by atoms with Gasteiger partial charge in [-0.15, -0.1) is 0 Å². The van der Waals surface area contributed by atoms with E-state index < -0.39 is 0 Å². The number of aliphatic hydroxyl groups is 1. The zero-order chi connectivity index (χ0) is 6.85. The molecule has 0 aliphatic carbocycles. The fourth-order valence-electron chi connectivity index (χ4n) is 1.07. The van der Waals surface area contributed by atoms with Gasteiger partial charge in [0.15, 0.2) is 0 Å². The Bertz CT molecular complexity index is 97.1. The maximum absolute atomic E-state index is 9.02. The number of hydroxylamine groups is 2. The van der Waals surface area contributed by atoms with Crippen molar-refractivity contribution in [2.75, 3.05) is 6.54 Å². The first-order chi connectivity index (χ1) is 4.20. The van der Waals surface area contributed by atoms with Crippen LogP contribution in [0.1, 0.15) is 19.8 Å². The molecule has 0 aromatic rings. The lowest BCUT2D eigenvalue weighted by Gasteiger charge is -2.30. The minimum Gasteiger partial charge on any atom is -0.392 e. The van der Waals surface area contributed by atoms with Crippen molar-refractivity contribution in [1.29, 1.82) is 0 Å². The lowest BCUT2D eigenvalue weighted by molar-refractivity contribution is -0.161. The van der Waals surface area contributed by atoms with Gasteiger partial charge >= 0.3 is 0 Å². The maximum Gasteiger partial charge on any atom is 0.0691 e. The third kappa shape index (κ3) is 1.64. The van der Waals surface area contributed by atoms with Crippen LogP contribution in [0, 0.1) is 0 Å². The lowest BCUT2D eigenvalue weighted by atomic mass is 10.0. The van der Waals surface area contributed by atoms with Gasteiger partial charge in [0, 0.05) is 6.04 Å². The number of aliphatic hydroxyl groups excluding tert-OH is 1. The summed E-state index contributed by atoms with van der Waals surface area (Å²) >= 11 is 0. The predicted octanol–water partition coefficient (Wildman–Crippen LogP) is 0.221. The van der Waals surface area contributed by atoms with Crippen LogP contribution in [0.4, 0.5) is 0 Å². The number of rotatable bonds is 0. The quantitative estimate of drug-likeness (QED) is 0.494. The van der Waals surface area contributed by atoms with Crippen LogP contribution in [-0.2, 0) is 0 Å². The van der Waals surface area contributed by atoms with E-state index in [-0.39, 0.29) is 12.1 Å². The Morgan fingerprint density at radius 3 is 2.56 bits per heavy atom. The number of hydrogen-bond acceptors (Lipinski definition) is 3. The van der Waals surface area contributed by atoms with Gasteiger partial charge in [-0.1, -0.05) is 0 Å². The minimum absolute atomic E-state index is 0.216. The summed E-state index contributed by atoms with van der Waals surface area (Å²) in [7, 11) is 0. The summed E-state index contributed by atoms with van der Waals surface area (Å²) in [5.74, 6) is 0. The summed E-state index contributed by atoms with van der Waals surface area (Å²) in [5.41, 5.74) is 0. The Labute approximate surface area is 54.9 Å². The van der Waals surface area contributed by atoms with Crippen LogP contribution in [-0.4, -0.2) is 34.1 Å². The third-order valence-corrected chi connectivity index (χ3v) is 1.82. The van der Waals surface area contributed by atoms with Crippen molar-refractivity contribution in [2.24, 2.45) is 0 Å². The van der Waals surface area contributed by atoms with Crippen molar-refractivity contribution in [1.82, 2.24) is 5.06 Å². The van der Waals surface area contributed by atoms with Gasteiger partial charge in [-0.2, -0.15) is 5.06 Å². The Morgan fingerprint density at radius 1 is 1.44 bits per heavy atom. The topological polar surface area (TPSA) is 43.7 Å². The smallest absolute Gasteiger partial charge is 0.0691 e. The molecule has 1 aliphatic rings. The highest BCUT2D eigenvalue weighted by Crippen LogP contribution is 2.13. The lowest BCUT2D eigenvalue weighted by Crippen LogP contribution is -2.41. The van der Waals surface area contributed by atoms with E-state index in [9.17, 15) is 0 Å². The van der Waals surface area contributed by atoms with Gasteiger partial charge in [-0.25, -0.2) is 0 Å². The van der Waals surface area contributed by atoms with Gasteiger partial charge in [0.2, 0.25) is 0 Å². The van der Waals surface area contributed by atoms with Crippen molar-refractivity contribution >= 4 is 0 Å². The van der Waals surface area contributed by atoms with E-state index in [0.29, 0.717) is 6.54 Å². The average molecular weight is 131 g/mol. The van der Waals surface area contributed by atoms with Crippen molar-refractivity contribution in [3.63, 3.8) is 0 Å². The minimum atomic E-state index is -0.328. The first kappa shape index (κ1) is 6.99. The van der Waals surface area contributed by atoms with Gasteiger partial charge in [-0.05, 0) is 19.8 Å². The monoisotopic (exact) mass is 131 g/mol. The number of piperidine rings is 1. The molecule has 54 valence electrons. The molecule has 2 atom stereocenters. The van der Waals surface area contributed by atoms with Crippen LogP contribution in [0.3, 0.4) is 0 Å². The van der Waals surface area contributed by atoms with Crippen molar-refractivity contribution in [2.45, 2.75) is 31.9 Å². The van der Waals surface area contributed by atoms with Crippen LogP contribution in [0.2, 0.25) is 0 Å². The van der Waals surface area contributed by atoms with E-state index in [1.165, 1.54) is 5.06 Å². The van der Waals surface area contributed by atoms with Crippen LogP contribution in [0.25, 0.3) is 0 Å². The van der Waals surface area contributed by atoms with Crippen molar-refractivity contribution < 1.29 is 10.3 Å². The second-order valence-electron chi connectivity index (χ2n) is 2.70. The van der Waals surface area contributed by atoms with E-state index in [2.05, 4.69) is 0 Å². The second kappa shape index (κ2) is 2.64. The van der Waals surface area contributed by atoms with Gasteiger partial charge in [-0.3, -0.25) is 0 Å². The summed E-state index contributed by atoms with van der Waals surface area (Å²) in [4.78, 5) is 0. The summed E-state index contributed by atoms with van der Waals surface area (Å²) < 4.78 is 0. The van der Waals surface area contributed by atoms with Gasteiger partial charge in [0.25, 0.3) is 0 Å². The van der Waals surface area contributed by atoms with Crippen LogP contribution < -0.4 is 0 Å². The first-order valence-corrected chi connectivity index (χ1v) is 3.33. The molecule has 0 saturated carbocycles. The fraction of sp³-hybridized carbons (Fsp3) is 1.00. The molecule has 1 saturated heterocycles. The second-order valence-corrected chi connectivity index (χ2v) is 2.70. The zero-order valence-corrected chi connectivity index (χ0v) is 5.62. The highest BCUT2D eigenvalue weighted by atomic mass is 16.5. The van der Waals surface area contributed by atoms with Gasteiger partial charge in [0.05, 0.1) is 12.6 Å². The van der Waals surface area contributed by atoms with E-state index in [0.717, 1.165) is 12.8 Å². The van der Waals surface area contributed by atoms with Gasteiger partial charge < -0.3 is 10.3 Å². The van der Waals surface area contributed by atoms with Crippen molar-refractivity contribution in [3.8, 4) is 0 Å². The molecule has 9 heavy (non-hydrogen) atoms. The first-order valence-electron chi connectivity index (χ1n) is 3.33. The molecule has 0 aromatic carbocycles. The molecule has 1 heterocycles. The molecule has 1 rings (SSSR count). The summed E-state index contributed by atoms with van der Waals surface area (Å²) in [6.07, 6.45) is 1.38. The predicted molar refractivity (Wildman–Crippen MR) is 33.2 cm³/mol. The average Bonchev–Trinajstić information content (AvgIpc) is 1.80. The molecular weight excluding hydrogens is 118 g/mol. The summed E-state index contributed by atoms with van der Waals surface area (Å²) in [6, 6.07) is 0.216. The summed E-state index contributed by atoms with van der Waals surface area (Å²) in [6.45, 7) is 2.35. The Kier molecular flexibility index (Phi) is 2.05. The Balaban J connectivity index is 2.35. The number of β-amino-alcohol motifs (C(OH)–C–C–N with tert-alkyl or cyclic N) is 1. The molecule has 0 aromatic heterocycles. The van der Waals surface area contributed by atoms with E-state index in [1.54, 1.807) is 0 Å². The van der Waals surface area contributed by atoms with E-state index >= 15 is 0 Å². The molecule has 0 spiro atoms. The molecule has 3 nitrogen and oxygen atoms in total. The SMILES string of the molecule is C[C@@H]1CC[C@@H](O)CN1O. The largest absolute Gasteiger partial charge is 0.392 e. The summed E-state index contributed by atoms with van der Waals surface area (Å²) in [5, 5.41) is 19.2. The van der Waals surface area contributed by atoms with Crippen molar-refractivity contribution in [3.05, 3.63) is 0 Å². The standard InChI is InChI=1S/C6H13NO2/c1-5-2-3-6(8)4-7(5)9/h5-6,8-9H,2-4H2,1H3/t5-,6-/m1/s1. The van der Waals surface area contributed by atoms with Crippen LogP contribution in [0.5, 0.6) is 0 Å². The zero-order valence-electron chi connectivity index (χ0n) is 5.62. The van der Waals surface area contributed by atoms with Crippen LogP contribution >= 0.6 is 0 Å². The molecule has 0 bridgehead atoms. The normalized spacial score (nSPS) is 39.0. The molecule has 1 aliphatic heterocycles. The molecule has 0 radical (unpaired) electrons. The van der Waals surface area contributed by atoms with E-state index in [1.807, 2.05) is 6.92 Å². The third-order valence-electron chi connectivity index (χ3n) is 1.82. The maximum atomic E-state index is 9.02. The molecule has 2 N–H and O–H groups in total. The van der Waals surface area contributed by atoms with E-state index in [4.69, 9.17) is 10.3 Å². The number of nitrogens with zero attached hydrogens (tertiary/aromatic N) is 1. The highest BCUT2D eigenvalue weighted by molar-refractivity contribution is 4.72. The Morgan fingerprint density at radius 2 is 2.11 bits per heavy atom. The fourth-order valence-corrected chi connectivity index (χ4v) is 1.07. The number of hydrogen-bond donors (Lipinski definition) is 2. The molecule has 0 amide bonds. The molecule has 3 heteroatoms. The highest BCUT2D eigenvalue weighted by Gasteiger charge is 2.21. The Hall–Kier alpha value is -0.120. The molecule has 0 unspecified atom stereocenters. The molecule has 1 fully saturated rings. The molecular formula is C6H13NO2. The van der Waals surface area contributed by atoms with Crippen LogP contribution in [0.15, 0.2) is 0 Å². The van der Waals surface area contributed by atoms with Gasteiger partial charge in [0.1, 0.15) is 0 Å².